The second-order valence-electron chi connectivity index (χ2n) is 4.95. The SMILES string of the molecule is COc1cccc(-c2nnc(Sc3ccc([N+](=O)[O-])cc3)n2C)c1. The Morgan fingerprint density at radius 3 is 2.58 bits per heavy atom. The van der Waals surface area contributed by atoms with Crippen LogP contribution in [0.4, 0.5) is 5.69 Å². The average molecular weight is 342 g/mol. The van der Waals surface area contributed by atoms with Gasteiger partial charge in [0.25, 0.3) is 5.69 Å². The van der Waals surface area contributed by atoms with E-state index < -0.39 is 4.92 Å². The Morgan fingerprint density at radius 1 is 1.17 bits per heavy atom. The van der Waals surface area contributed by atoms with Crippen LogP contribution >= 0.6 is 11.8 Å². The van der Waals surface area contributed by atoms with Gasteiger partial charge in [0, 0.05) is 29.6 Å². The van der Waals surface area contributed by atoms with Crippen LogP contribution in [0.15, 0.2) is 58.6 Å². The van der Waals surface area contributed by atoms with Crippen LogP contribution in [0.25, 0.3) is 11.4 Å². The Bertz CT molecular complexity index is 877. The summed E-state index contributed by atoms with van der Waals surface area (Å²) >= 11 is 1.40. The Morgan fingerprint density at radius 2 is 1.92 bits per heavy atom. The minimum Gasteiger partial charge on any atom is -0.497 e. The van der Waals surface area contributed by atoms with Gasteiger partial charge in [-0.2, -0.15) is 0 Å². The lowest BCUT2D eigenvalue weighted by Gasteiger charge is -2.05. The van der Waals surface area contributed by atoms with Gasteiger partial charge >= 0.3 is 0 Å². The number of hydrogen-bond acceptors (Lipinski definition) is 6. The largest absolute Gasteiger partial charge is 0.497 e. The highest BCUT2D eigenvalue weighted by Crippen LogP contribution is 2.30. The fraction of sp³-hybridized carbons (Fsp3) is 0.125. The first-order valence-corrected chi connectivity index (χ1v) is 7.86. The topological polar surface area (TPSA) is 83.1 Å². The third kappa shape index (κ3) is 3.23. The van der Waals surface area contributed by atoms with E-state index >= 15 is 0 Å². The molecule has 0 atom stereocenters. The zero-order valence-electron chi connectivity index (χ0n) is 13.0. The molecule has 0 bridgehead atoms. The molecule has 0 aliphatic rings. The molecule has 24 heavy (non-hydrogen) atoms. The minimum atomic E-state index is -0.419. The fourth-order valence-electron chi connectivity index (χ4n) is 2.16. The number of aromatic nitrogens is 3. The lowest BCUT2D eigenvalue weighted by molar-refractivity contribution is -0.384. The summed E-state index contributed by atoms with van der Waals surface area (Å²) in [6.07, 6.45) is 0. The van der Waals surface area contributed by atoms with Crippen molar-refractivity contribution < 1.29 is 9.66 Å². The summed E-state index contributed by atoms with van der Waals surface area (Å²) in [6, 6.07) is 13.9. The van der Waals surface area contributed by atoms with Gasteiger partial charge in [-0.1, -0.05) is 12.1 Å². The highest BCUT2D eigenvalue weighted by molar-refractivity contribution is 7.99. The van der Waals surface area contributed by atoms with Crippen LogP contribution in [-0.4, -0.2) is 26.8 Å². The summed E-state index contributed by atoms with van der Waals surface area (Å²) in [5.41, 5.74) is 0.967. The summed E-state index contributed by atoms with van der Waals surface area (Å²) in [5, 5.41) is 19.8. The van der Waals surface area contributed by atoms with E-state index in [2.05, 4.69) is 10.2 Å². The summed E-state index contributed by atoms with van der Waals surface area (Å²) in [6.45, 7) is 0. The number of ether oxygens (including phenoxy) is 1. The molecule has 1 heterocycles. The number of benzene rings is 2. The summed E-state index contributed by atoms with van der Waals surface area (Å²) in [4.78, 5) is 11.1. The van der Waals surface area contributed by atoms with Gasteiger partial charge in [-0.25, -0.2) is 0 Å². The smallest absolute Gasteiger partial charge is 0.269 e. The highest BCUT2D eigenvalue weighted by atomic mass is 32.2. The fourth-order valence-corrected chi connectivity index (χ4v) is 2.95. The molecule has 8 heteroatoms. The Kier molecular flexibility index (Phi) is 4.48. The van der Waals surface area contributed by atoms with Crippen LogP contribution in [0.2, 0.25) is 0 Å². The number of nitrogens with zero attached hydrogens (tertiary/aromatic N) is 4. The molecule has 0 saturated heterocycles. The monoisotopic (exact) mass is 342 g/mol. The molecule has 0 radical (unpaired) electrons. The van der Waals surface area contributed by atoms with Gasteiger partial charge in [0.15, 0.2) is 11.0 Å². The second kappa shape index (κ2) is 6.71. The van der Waals surface area contributed by atoms with E-state index in [1.807, 2.05) is 35.9 Å². The maximum Gasteiger partial charge on any atom is 0.269 e. The predicted molar refractivity (Wildman–Crippen MR) is 90.2 cm³/mol. The number of methoxy groups -OCH3 is 1. The van der Waals surface area contributed by atoms with E-state index in [0.29, 0.717) is 5.16 Å². The molecule has 0 saturated carbocycles. The zero-order chi connectivity index (χ0) is 17.1. The Labute approximate surface area is 142 Å². The standard InChI is InChI=1S/C16H14N4O3S/c1-19-15(11-4-3-5-13(10-11)23-2)17-18-16(19)24-14-8-6-12(7-9-14)20(21)22/h3-10H,1-2H3. The quantitative estimate of drug-likeness (QED) is 0.521. The van der Waals surface area contributed by atoms with Crippen molar-refractivity contribution in [3.05, 3.63) is 58.6 Å². The Hall–Kier alpha value is -2.87. The molecule has 0 unspecified atom stereocenters. The molecule has 3 rings (SSSR count). The third-order valence-corrected chi connectivity index (χ3v) is 4.47. The first-order valence-electron chi connectivity index (χ1n) is 7.04. The first kappa shape index (κ1) is 16.0. The van der Waals surface area contributed by atoms with E-state index in [0.717, 1.165) is 22.0 Å². The molecule has 2 aromatic carbocycles. The van der Waals surface area contributed by atoms with Crippen molar-refractivity contribution >= 4 is 17.4 Å². The molecule has 0 N–H and O–H groups in total. The van der Waals surface area contributed by atoms with Crippen molar-refractivity contribution in [2.45, 2.75) is 10.1 Å². The number of nitro groups is 1. The maximum absolute atomic E-state index is 10.7. The first-order chi connectivity index (χ1) is 11.6. The van der Waals surface area contributed by atoms with Crippen LogP contribution in [0, 0.1) is 10.1 Å². The molecule has 0 amide bonds. The second-order valence-corrected chi connectivity index (χ2v) is 5.99. The van der Waals surface area contributed by atoms with Crippen LogP contribution in [0.3, 0.4) is 0 Å². The predicted octanol–water partition coefficient (Wildman–Crippen LogP) is 3.55. The molecule has 1 aromatic heterocycles. The molecule has 0 spiro atoms. The van der Waals surface area contributed by atoms with E-state index in [9.17, 15) is 10.1 Å². The van der Waals surface area contributed by atoms with E-state index in [4.69, 9.17) is 4.74 Å². The number of rotatable bonds is 5. The average Bonchev–Trinajstić information content (AvgIpc) is 2.96. The molecule has 0 aliphatic carbocycles. The highest BCUT2D eigenvalue weighted by Gasteiger charge is 2.13. The third-order valence-electron chi connectivity index (χ3n) is 3.42. The molecule has 122 valence electrons. The van der Waals surface area contributed by atoms with Crippen molar-refractivity contribution in [2.24, 2.45) is 7.05 Å². The number of nitro benzene ring substituents is 1. The maximum atomic E-state index is 10.7. The van der Waals surface area contributed by atoms with E-state index in [1.54, 1.807) is 19.2 Å². The van der Waals surface area contributed by atoms with Crippen LogP contribution < -0.4 is 4.74 Å². The van der Waals surface area contributed by atoms with Crippen molar-refractivity contribution in [1.82, 2.24) is 14.8 Å². The van der Waals surface area contributed by atoms with E-state index in [-0.39, 0.29) is 5.69 Å². The summed E-state index contributed by atoms with van der Waals surface area (Å²) in [7, 11) is 3.49. The van der Waals surface area contributed by atoms with Crippen molar-refractivity contribution in [3.63, 3.8) is 0 Å². The van der Waals surface area contributed by atoms with Gasteiger partial charge in [0.2, 0.25) is 0 Å². The lowest BCUT2D eigenvalue weighted by Crippen LogP contribution is -1.95. The molecular weight excluding hydrogens is 328 g/mol. The van der Waals surface area contributed by atoms with Crippen LogP contribution in [0.1, 0.15) is 0 Å². The number of hydrogen-bond donors (Lipinski definition) is 0. The van der Waals surface area contributed by atoms with Gasteiger partial charge in [-0.3, -0.25) is 10.1 Å². The minimum absolute atomic E-state index is 0.0642. The van der Waals surface area contributed by atoms with Crippen LogP contribution in [0.5, 0.6) is 5.75 Å². The van der Waals surface area contributed by atoms with Crippen molar-refractivity contribution in [3.8, 4) is 17.1 Å². The molecular formula is C16H14N4O3S. The summed E-state index contributed by atoms with van der Waals surface area (Å²) < 4.78 is 7.11. The van der Waals surface area contributed by atoms with Gasteiger partial charge in [-0.05, 0) is 36.0 Å². The van der Waals surface area contributed by atoms with Crippen LogP contribution in [-0.2, 0) is 7.05 Å². The summed E-state index contributed by atoms with van der Waals surface area (Å²) in [5.74, 6) is 1.47. The van der Waals surface area contributed by atoms with Gasteiger partial charge < -0.3 is 9.30 Å². The zero-order valence-corrected chi connectivity index (χ0v) is 13.9. The van der Waals surface area contributed by atoms with Gasteiger partial charge in [0.1, 0.15) is 5.75 Å². The molecule has 3 aromatic rings. The van der Waals surface area contributed by atoms with Crippen molar-refractivity contribution in [1.29, 1.82) is 0 Å². The van der Waals surface area contributed by atoms with Crippen molar-refractivity contribution in [2.75, 3.05) is 7.11 Å². The lowest BCUT2D eigenvalue weighted by atomic mass is 10.2. The molecule has 0 aliphatic heterocycles. The van der Waals surface area contributed by atoms with Gasteiger partial charge in [0.05, 0.1) is 12.0 Å². The number of non-ortho nitro benzene ring substituents is 1. The molecule has 0 fully saturated rings. The molecule has 7 nitrogen and oxygen atoms in total. The van der Waals surface area contributed by atoms with E-state index in [1.165, 1.54) is 23.9 Å². The van der Waals surface area contributed by atoms with Gasteiger partial charge in [-0.15, -0.1) is 10.2 Å². The normalized spacial score (nSPS) is 10.6. The Balaban J connectivity index is 1.85.